The lowest BCUT2D eigenvalue weighted by Gasteiger charge is -2.32. The van der Waals surface area contributed by atoms with Crippen LogP contribution in [0.2, 0.25) is 5.02 Å². The molecule has 2 rings (SSSR count). The first-order valence-electron chi connectivity index (χ1n) is 8.02. The molecule has 0 radical (unpaired) electrons. The van der Waals surface area contributed by atoms with E-state index in [1.54, 1.807) is 11.8 Å². The molecule has 1 aliphatic heterocycles. The van der Waals surface area contributed by atoms with Crippen molar-refractivity contribution in [3.05, 3.63) is 28.8 Å². The minimum Gasteiger partial charge on any atom is -0.339 e. The highest BCUT2D eigenvalue weighted by molar-refractivity contribution is 7.99. The minimum absolute atomic E-state index is 0. The van der Waals surface area contributed by atoms with Crippen molar-refractivity contribution < 1.29 is 4.79 Å². The van der Waals surface area contributed by atoms with Crippen LogP contribution in [0, 0.1) is 5.92 Å². The van der Waals surface area contributed by atoms with E-state index in [1.807, 2.05) is 30.1 Å². The number of piperidine rings is 1. The maximum absolute atomic E-state index is 12.8. The maximum atomic E-state index is 12.8. The minimum atomic E-state index is 0. The molecule has 1 aromatic rings. The number of nitrogens with zero attached hydrogens (tertiary/aromatic N) is 1. The normalized spacial score (nSPS) is 15.3. The van der Waals surface area contributed by atoms with Gasteiger partial charge in [-0.05, 0) is 62.7 Å². The van der Waals surface area contributed by atoms with Crippen LogP contribution in [0.15, 0.2) is 23.1 Å². The summed E-state index contributed by atoms with van der Waals surface area (Å²) in [5, 5.41) is 3.84. The number of carbonyl (C=O) groups is 1. The average molecular weight is 377 g/mol. The van der Waals surface area contributed by atoms with Gasteiger partial charge in [0.05, 0.1) is 5.56 Å². The van der Waals surface area contributed by atoms with Crippen molar-refractivity contribution in [2.75, 3.05) is 32.4 Å². The van der Waals surface area contributed by atoms with E-state index >= 15 is 0 Å². The van der Waals surface area contributed by atoms with Crippen LogP contribution in [0.1, 0.15) is 36.5 Å². The zero-order valence-corrected chi connectivity index (χ0v) is 16.2. The van der Waals surface area contributed by atoms with Gasteiger partial charge in [-0.3, -0.25) is 4.79 Å². The van der Waals surface area contributed by atoms with Crippen molar-refractivity contribution in [3.8, 4) is 0 Å². The summed E-state index contributed by atoms with van der Waals surface area (Å²) in [5.74, 6) is 1.82. The number of halogens is 2. The molecule has 0 saturated carbocycles. The predicted molar refractivity (Wildman–Crippen MR) is 102 cm³/mol. The highest BCUT2D eigenvalue weighted by Crippen LogP contribution is 2.28. The summed E-state index contributed by atoms with van der Waals surface area (Å²) in [5.41, 5.74) is 0.757. The van der Waals surface area contributed by atoms with E-state index in [0.29, 0.717) is 5.02 Å². The molecule has 0 atom stereocenters. The van der Waals surface area contributed by atoms with Gasteiger partial charge in [0.25, 0.3) is 5.91 Å². The van der Waals surface area contributed by atoms with Crippen LogP contribution in [0.25, 0.3) is 0 Å². The topological polar surface area (TPSA) is 32.3 Å². The third kappa shape index (κ3) is 5.86. The summed E-state index contributed by atoms with van der Waals surface area (Å²) in [7, 11) is 1.99. The summed E-state index contributed by atoms with van der Waals surface area (Å²) >= 11 is 7.79. The molecule has 1 aliphatic rings. The Hall–Kier alpha value is -0.420. The number of nitrogens with one attached hydrogen (secondary N) is 1. The van der Waals surface area contributed by atoms with Crippen molar-refractivity contribution in [3.63, 3.8) is 0 Å². The number of likely N-dealkylation sites (tertiary alicyclic amines) is 1. The quantitative estimate of drug-likeness (QED) is 0.749. The van der Waals surface area contributed by atoms with E-state index < -0.39 is 0 Å². The lowest BCUT2D eigenvalue weighted by molar-refractivity contribution is 0.0683. The van der Waals surface area contributed by atoms with E-state index in [2.05, 4.69) is 12.2 Å². The largest absolute Gasteiger partial charge is 0.339 e. The zero-order valence-electron chi connectivity index (χ0n) is 13.8. The highest BCUT2D eigenvalue weighted by atomic mass is 35.5. The molecule has 0 spiro atoms. The third-order valence-electron chi connectivity index (χ3n) is 4.18. The molecular formula is C17H26Cl2N2OS. The first kappa shape index (κ1) is 20.6. The number of carbonyl (C=O) groups excluding carboxylic acids is 1. The van der Waals surface area contributed by atoms with E-state index in [4.69, 9.17) is 11.6 Å². The van der Waals surface area contributed by atoms with Gasteiger partial charge in [0.1, 0.15) is 0 Å². The predicted octanol–water partition coefficient (Wildman–Crippen LogP) is 4.34. The molecule has 1 N–H and O–H groups in total. The molecule has 0 unspecified atom stereocenters. The van der Waals surface area contributed by atoms with E-state index in [1.165, 1.54) is 6.42 Å². The first-order valence-corrected chi connectivity index (χ1v) is 9.38. The van der Waals surface area contributed by atoms with Crippen LogP contribution in [0.3, 0.4) is 0 Å². The number of rotatable bonds is 6. The molecule has 1 amide bonds. The van der Waals surface area contributed by atoms with Crippen LogP contribution in [-0.4, -0.2) is 43.2 Å². The molecule has 1 heterocycles. The Bertz CT molecular complexity index is 505. The Morgan fingerprint density at radius 1 is 1.39 bits per heavy atom. The summed E-state index contributed by atoms with van der Waals surface area (Å²) in [4.78, 5) is 15.8. The van der Waals surface area contributed by atoms with Gasteiger partial charge in [-0.2, -0.15) is 0 Å². The molecule has 1 saturated heterocycles. The smallest absolute Gasteiger partial charge is 0.255 e. The van der Waals surface area contributed by atoms with E-state index in [0.717, 1.165) is 54.6 Å². The molecule has 1 fully saturated rings. The van der Waals surface area contributed by atoms with E-state index in [-0.39, 0.29) is 18.3 Å². The summed E-state index contributed by atoms with van der Waals surface area (Å²) < 4.78 is 0. The Morgan fingerprint density at radius 2 is 2.09 bits per heavy atom. The molecule has 0 aliphatic carbocycles. The van der Waals surface area contributed by atoms with Crippen LogP contribution >= 0.6 is 35.8 Å². The first-order chi connectivity index (χ1) is 10.7. The van der Waals surface area contributed by atoms with Crippen LogP contribution in [-0.2, 0) is 0 Å². The number of benzene rings is 1. The van der Waals surface area contributed by atoms with Gasteiger partial charge in [-0.1, -0.05) is 18.5 Å². The molecule has 130 valence electrons. The fraction of sp³-hybridized carbons (Fsp3) is 0.588. The van der Waals surface area contributed by atoms with E-state index in [9.17, 15) is 4.79 Å². The second-order valence-corrected chi connectivity index (χ2v) is 7.44. The highest BCUT2D eigenvalue weighted by Gasteiger charge is 2.25. The van der Waals surface area contributed by atoms with Crippen molar-refractivity contribution >= 4 is 41.7 Å². The van der Waals surface area contributed by atoms with Gasteiger partial charge < -0.3 is 10.2 Å². The Kier molecular flexibility index (Phi) is 9.37. The van der Waals surface area contributed by atoms with Gasteiger partial charge in [0.15, 0.2) is 0 Å². The molecule has 0 bridgehead atoms. The number of hydrogen-bond acceptors (Lipinski definition) is 3. The van der Waals surface area contributed by atoms with Crippen molar-refractivity contribution in [1.29, 1.82) is 0 Å². The Balaban J connectivity index is 0.00000264. The molecule has 1 aromatic carbocycles. The fourth-order valence-electron chi connectivity index (χ4n) is 2.89. The number of thioether (sulfide) groups is 1. The van der Waals surface area contributed by atoms with Crippen molar-refractivity contribution in [1.82, 2.24) is 10.2 Å². The van der Waals surface area contributed by atoms with Crippen LogP contribution in [0.5, 0.6) is 0 Å². The van der Waals surface area contributed by atoms with Crippen LogP contribution < -0.4 is 5.32 Å². The second kappa shape index (κ2) is 10.4. The fourth-order valence-corrected chi connectivity index (χ4v) is 3.84. The van der Waals surface area contributed by atoms with Gasteiger partial charge >= 0.3 is 0 Å². The monoisotopic (exact) mass is 376 g/mol. The Morgan fingerprint density at radius 3 is 2.70 bits per heavy atom. The summed E-state index contributed by atoms with van der Waals surface area (Å²) in [6.07, 6.45) is 3.40. The standard InChI is InChI=1S/C17H25ClN2OS.ClH/c1-3-22-16-5-4-14(18)12-15(16)17(21)20-10-7-13(8-11-20)6-9-19-2;/h4-5,12-13,19H,3,6-11H2,1-2H3;1H. The average Bonchev–Trinajstić information content (AvgIpc) is 2.54. The number of amides is 1. The van der Waals surface area contributed by atoms with Crippen LogP contribution in [0.4, 0.5) is 0 Å². The van der Waals surface area contributed by atoms with Crippen molar-refractivity contribution in [2.45, 2.75) is 31.1 Å². The molecule has 3 nitrogen and oxygen atoms in total. The molecular weight excluding hydrogens is 351 g/mol. The zero-order chi connectivity index (χ0) is 15.9. The summed E-state index contributed by atoms with van der Waals surface area (Å²) in [6.45, 7) is 4.87. The molecule has 23 heavy (non-hydrogen) atoms. The molecule has 0 aromatic heterocycles. The lowest BCUT2D eigenvalue weighted by atomic mass is 9.93. The van der Waals surface area contributed by atoms with Gasteiger partial charge in [0.2, 0.25) is 0 Å². The number of hydrogen-bond donors (Lipinski definition) is 1. The summed E-state index contributed by atoms with van der Waals surface area (Å²) in [6, 6.07) is 5.64. The molecule has 6 heteroatoms. The SMILES string of the molecule is CCSc1ccc(Cl)cc1C(=O)N1CCC(CCNC)CC1.Cl. The Labute approximate surface area is 154 Å². The lowest BCUT2D eigenvalue weighted by Crippen LogP contribution is -2.39. The third-order valence-corrected chi connectivity index (χ3v) is 5.37. The van der Waals surface area contributed by atoms with Crippen molar-refractivity contribution in [2.24, 2.45) is 5.92 Å². The van der Waals surface area contributed by atoms with Gasteiger partial charge in [0, 0.05) is 23.0 Å². The maximum Gasteiger partial charge on any atom is 0.255 e. The van der Waals surface area contributed by atoms with Gasteiger partial charge in [-0.25, -0.2) is 0 Å². The second-order valence-electron chi connectivity index (χ2n) is 5.70. The van der Waals surface area contributed by atoms with Gasteiger partial charge in [-0.15, -0.1) is 24.2 Å².